The third kappa shape index (κ3) is 3.14. The molecule has 2 N–H and O–H groups in total. The first-order valence-corrected chi connectivity index (χ1v) is 7.16. The molecular formula is C9H19N3O3S. The molecule has 1 unspecified atom stereocenters. The average Bonchev–Trinajstić information content (AvgIpc) is 2.81. The fourth-order valence-electron chi connectivity index (χ4n) is 1.94. The smallest absolute Gasteiger partial charge is 0.279 e. The fraction of sp³-hybridized carbons (Fsp3) is 1.00. The molecule has 0 aromatic heterocycles. The molecule has 0 saturated carbocycles. The molecule has 2 heterocycles. The highest BCUT2D eigenvalue weighted by Crippen LogP contribution is 2.11. The number of rotatable bonds is 4. The summed E-state index contributed by atoms with van der Waals surface area (Å²) in [6.45, 7) is 4.48. The van der Waals surface area contributed by atoms with E-state index in [2.05, 4.69) is 10.0 Å². The van der Waals surface area contributed by atoms with E-state index >= 15 is 0 Å². The van der Waals surface area contributed by atoms with Crippen molar-refractivity contribution in [2.75, 3.05) is 45.9 Å². The fourth-order valence-corrected chi connectivity index (χ4v) is 3.24. The van der Waals surface area contributed by atoms with Crippen molar-refractivity contribution < 1.29 is 13.2 Å². The SMILES string of the molecule is O=S(=O)(NCC1CCOC1)N1CCNCC1. The van der Waals surface area contributed by atoms with Crippen molar-refractivity contribution in [2.45, 2.75) is 6.42 Å². The van der Waals surface area contributed by atoms with Gasteiger partial charge in [0.2, 0.25) is 0 Å². The normalized spacial score (nSPS) is 28.4. The summed E-state index contributed by atoms with van der Waals surface area (Å²) in [7, 11) is -3.28. The lowest BCUT2D eigenvalue weighted by atomic mass is 10.1. The number of piperazine rings is 1. The Morgan fingerprint density at radius 3 is 2.75 bits per heavy atom. The van der Waals surface area contributed by atoms with E-state index in [1.165, 1.54) is 4.31 Å². The van der Waals surface area contributed by atoms with E-state index < -0.39 is 10.2 Å². The van der Waals surface area contributed by atoms with E-state index in [1.54, 1.807) is 0 Å². The van der Waals surface area contributed by atoms with Crippen LogP contribution in [0.2, 0.25) is 0 Å². The second kappa shape index (κ2) is 5.42. The second-order valence-corrected chi connectivity index (χ2v) is 5.99. The zero-order valence-electron chi connectivity index (χ0n) is 9.31. The quantitative estimate of drug-likeness (QED) is 0.654. The van der Waals surface area contributed by atoms with Gasteiger partial charge in [-0.1, -0.05) is 0 Å². The number of ether oxygens (including phenoxy) is 1. The van der Waals surface area contributed by atoms with E-state index in [0.29, 0.717) is 32.2 Å². The van der Waals surface area contributed by atoms with Crippen molar-refractivity contribution in [3.8, 4) is 0 Å². The molecule has 2 aliphatic heterocycles. The molecule has 0 aromatic carbocycles. The van der Waals surface area contributed by atoms with Crippen LogP contribution in [0.3, 0.4) is 0 Å². The van der Waals surface area contributed by atoms with Crippen LogP contribution in [0.1, 0.15) is 6.42 Å². The van der Waals surface area contributed by atoms with Crippen LogP contribution in [0.4, 0.5) is 0 Å². The van der Waals surface area contributed by atoms with Gasteiger partial charge in [0.15, 0.2) is 0 Å². The molecule has 0 amide bonds. The Hall–Kier alpha value is -0.210. The lowest BCUT2D eigenvalue weighted by Gasteiger charge is -2.27. The van der Waals surface area contributed by atoms with Gasteiger partial charge in [-0.15, -0.1) is 0 Å². The Kier molecular flexibility index (Phi) is 4.15. The number of nitrogens with one attached hydrogen (secondary N) is 2. The Bertz CT molecular complexity index is 308. The zero-order chi connectivity index (χ0) is 11.4. The van der Waals surface area contributed by atoms with Crippen molar-refractivity contribution in [3.63, 3.8) is 0 Å². The summed E-state index contributed by atoms with van der Waals surface area (Å²) in [5, 5.41) is 3.13. The number of hydrogen-bond acceptors (Lipinski definition) is 4. The number of nitrogens with zero attached hydrogens (tertiary/aromatic N) is 1. The van der Waals surface area contributed by atoms with Gasteiger partial charge in [0, 0.05) is 39.3 Å². The van der Waals surface area contributed by atoms with Crippen molar-refractivity contribution in [2.24, 2.45) is 5.92 Å². The van der Waals surface area contributed by atoms with Crippen LogP contribution in [0, 0.1) is 5.92 Å². The van der Waals surface area contributed by atoms with Crippen molar-refractivity contribution >= 4 is 10.2 Å². The molecule has 0 spiro atoms. The van der Waals surface area contributed by atoms with Gasteiger partial charge in [0.05, 0.1) is 6.61 Å². The maximum absolute atomic E-state index is 11.9. The van der Waals surface area contributed by atoms with Gasteiger partial charge < -0.3 is 10.1 Å². The van der Waals surface area contributed by atoms with Crippen LogP contribution in [-0.2, 0) is 14.9 Å². The summed E-state index contributed by atoms with van der Waals surface area (Å²) < 4.78 is 33.1. The maximum Gasteiger partial charge on any atom is 0.279 e. The Labute approximate surface area is 96.5 Å². The van der Waals surface area contributed by atoms with Crippen LogP contribution in [0.25, 0.3) is 0 Å². The third-order valence-corrected chi connectivity index (χ3v) is 4.57. The molecule has 1 atom stereocenters. The Morgan fingerprint density at radius 1 is 1.38 bits per heavy atom. The lowest BCUT2D eigenvalue weighted by Crippen LogP contribution is -2.51. The monoisotopic (exact) mass is 249 g/mol. The number of hydrogen-bond donors (Lipinski definition) is 2. The summed E-state index contributed by atoms with van der Waals surface area (Å²) in [6.07, 6.45) is 0.948. The molecule has 2 aliphatic rings. The molecule has 94 valence electrons. The minimum absolute atomic E-state index is 0.331. The van der Waals surface area contributed by atoms with Crippen molar-refractivity contribution in [3.05, 3.63) is 0 Å². The minimum Gasteiger partial charge on any atom is -0.381 e. The van der Waals surface area contributed by atoms with Gasteiger partial charge in [-0.3, -0.25) is 0 Å². The molecule has 0 aromatic rings. The molecule has 7 heteroatoms. The van der Waals surface area contributed by atoms with Gasteiger partial charge in [-0.05, 0) is 12.3 Å². The predicted octanol–water partition coefficient (Wildman–Crippen LogP) is -1.24. The van der Waals surface area contributed by atoms with Gasteiger partial charge in [-0.25, -0.2) is 4.72 Å². The molecule has 6 nitrogen and oxygen atoms in total. The van der Waals surface area contributed by atoms with E-state index in [4.69, 9.17) is 4.74 Å². The molecule has 2 saturated heterocycles. The molecule has 2 rings (SSSR count). The average molecular weight is 249 g/mol. The first-order valence-electron chi connectivity index (χ1n) is 5.72. The van der Waals surface area contributed by atoms with Crippen LogP contribution in [0.5, 0.6) is 0 Å². The molecule has 0 radical (unpaired) electrons. The maximum atomic E-state index is 11.9. The van der Waals surface area contributed by atoms with Crippen LogP contribution in [-0.4, -0.2) is 58.7 Å². The molecule has 16 heavy (non-hydrogen) atoms. The predicted molar refractivity (Wildman–Crippen MR) is 60.3 cm³/mol. The lowest BCUT2D eigenvalue weighted by molar-refractivity contribution is 0.186. The summed E-state index contributed by atoms with van der Waals surface area (Å²) in [6, 6.07) is 0. The third-order valence-electron chi connectivity index (χ3n) is 2.99. The van der Waals surface area contributed by atoms with Crippen LogP contribution >= 0.6 is 0 Å². The summed E-state index contributed by atoms with van der Waals surface area (Å²) in [5.74, 6) is 0.331. The molecular weight excluding hydrogens is 230 g/mol. The van der Waals surface area contributed by atoms with E-state index in [-0.39, 0.29) is 0 Å². The summed E-state index contributed by atoms with van der Waals surface area (Å²) >= 11 is 0. The first kappa shape index (κ1) is 12.3. The van der Waals surface area contributed by atoms with Crippen LogP contribution < -0.4 is 10.0 Å². The van der Waals surface area contributed by atoms with Gasteiger partial charge in [-0.2, -0.15) is 12.7 Å². The summed E-state index contributed by atoms with van der Waals surface area (Å²) in [4.78, 5) is 0. The van der Waals surface area contributed by atoms with Gasteiger partial charge >= 0.3 is 0 Å². The Morgan fingerprint density at radius 2 is 2.12 bits per heavy atom. The van der Waals surface area contributed by atoms with E-state index in [9.17, 15) is 8.42 Å². The van der Waals surface area contributed by atoms with Crippen molar-refractivity contribution in [1.29, 1.82) is 0 Å². The van der Waals surface area contributed by atoms with Crippen LogP contribution in [0.15, 0.2) is 0 Å². The van der Waals surface area contributed by atoms with Gasteiger partial charge in [0.1, 0.15) is 0 Å². The van der Waals surface area contributed by atoms with E-state index in [0.717, 1.165) is 26.1 Å². The molecule has 2 fully saturated rings. The van der Waals surface area contributed by atoms with E-state index in [1.807, 2.05) is 0 Å². The van der Waals surface area contributed by atoms with Crippen molar-refractivity contribution in [1.82, 2.24) is 14.3 Å². The highest BCUT2D eigenvalue weighted by Gasteiger charge is 2.25. The topological polar surface area (TPSA) is 70.7 Å². The van der Waals surface area contributed by atoms with Gasteiger partial charge in [0.25, 0.3) is 10.2 Å². The molecule has 0 bridgehead atoms. The highest BCUT2D eigenvalue weighted by atomic mass is 32.2. The second-order valence-electron chi connectivity index (χ2n) is 4.23. The Balaban J connectivity index is 1.81. The first-order chi connectivity index (χ1) is 7.68. The minimum atomic E-state index is -3.28. The largest absolute Gasteiger partial charge is 0.381 e. The molecule has 0 aliphatic carbocycles. The highest BCUT2D eigenvalue weighted by molar-refractivity contribution is 7.87. The standard InChI is InChI=1S/C9H19N3O3S/c13-16(14,12-4-2-10-3-5-12)11-7-9-1-6-15-8-9/h9-11H,1-8H2. The zero-order valence-corrected chi connectivity index (χ0v) is 10.1. The summed E-state index contributed by atoms with van der Waals surface area (Å²) in [5.41, 5.74) is 0.